The van der Waals surface area contributed by atoms with Gasteiger partial charge in [-0.05, 0) is 18.2 Å². The Hall–Kier alpha value is -3.55. The Bertz CT molecular complexity index is 1260. The number of para-hydroxylation sites is 1. The lowest BCUT2D eigenvalue weighted by atomic mass is 9.90. The van der Waals surface area contributed by atoms with Crippen molar-refractivity contribution < 1.29 is 9.47 Å². The van der Waals surface area contributed by atoms with Gasteiger partial charge in [-0.3, -0.25) is 9.59 Å². The summed E-state index contributed by atoms with van der Waals surface area (Å²) in [4.78, 5) is 37.8. The summed E-state index contributed by atoms with van der Waals surface area (Å²) in [5.41, 5.74) is 1.02. The first kappa shape index (κ1) is 20.2. The molecule has 0 radical (unpaired) electrons. The van der Waals surface area contributed by atoms with Crippen LogP contribution in [0.4, 0.5) is 0 Å². The third kappa shape index (κ3) is 4.16. The van der Waals surface area contributed by atoms with E-state index in [2.05, 4.69) is 19.9 Å². The summed E-state index contributed by atoms with van der Waals surface area (Å²) in [6.07, 6.45) is 4.67. The summed E-state index contributed by atoms with van der Waals surface area (Å²) >= 11 is 0. The van der Waals surface area contributed by atoms with Gasteiger partial charge in [0.15, 0.2) is 11.5 Å². The van der Waals surface area contributed by atoms with Crippen molar-refractivity contribution in [2.45, 2.75) is 26.2 Å². The molecule has 0 saturated carbocycles. The van der Waals surface area contributed by atoms with Crippen LogP contribution in [0.25, 0.3) is 12.2 Å². The van der Waals surface area contributed by atoms with Gasteiger partial charge in [0, 0.05) is 16.7 Å². The van der Waals surface area contributed by atoms with E-state index in [9.17, 15) is 9.59 Å². The number of benzene rings is 1. The third-order valence-electron chi connectivity index (χ3n) is 4.42. The Morgan fingerprint density at radius 1 is 0.966 bits per heavy atom. The number of aromatic nitrogens is 4. The summed E-state index contributed by atoms with van der Waals surface area (Å²) in [5, 5.41) is 0.235. The van der Waals surface area contributed by atoms with Crippen molar-refractivity contribution >= 4 is 12.2 Å². The maximum absolute atomic E-state index is 12.6. The van der Waals surface area contributed by atoms with Gasteiger partial charge < -0.3 is 24.4 Å². The van der Waals surface area contributed by atoms with E-state index >= 15 is 0 Å². The molecule has 8 nitrogen and oxygen atoms in total. The van der Waals surface area contributed by atoms with E-state index < -0.39 is 11.1 Å². The number of H-pyrrole nitrogens is 3. The molecule has 0 bridgehead atoms. The smallest absolute Gasteiger partial charge is 0.272 e. The average molecular weight is 396 g/mol. The van der Waals surface area contributed by atoms with Crippen molar-refractivity contribution in [3.8, 4) is 11.5 Å². The van der Waals surface area contributed by atoms with Crippen LogP contribution < -0.4 is 31.3 Å². The molecule has 0 saturated heterocycles. The fourth-order valence-corrected chi connectivity index (χ4v) is 3.03. The lowest BCUT2D eigenvalue weighted by molar-refractivity contribution is 0.354. The van der Waals surface area contributed by atoms with Gasteiger partial charge in [0.1, 0.15) is 10.7 Å². The second-order valence-electron chi connectivity index (χ2n) is 7.52. The molecule has 0 atom stereocenters. The standard InChI is InChI=1S/C21H24N4O4/c1-21(2,3)18-13(22-11-23-18)10-15-20(27)24-14(19(26)25-15)9-12-7-6-8-16(28-4)17(12)29-5/h6-11H,1-5H3,(H,22,23)(H,24,27)(H,25,26)/b14-9-,15-10-. The van der Waals surface area contributed by atoms with Gasteiger partial charge in [-0.2, -0.15) is 0 Å². The van der Waals surface area contributed by atoms with E-state index in [1.54, 1.807) is 36.7 Å². The average Bonchev–Trinajstić information content (AvgIpc) is 3.14. The zero-order valence-electron chi connectivity index (χ0n) is 17.0. The number of hydrogen-bond donors (Lipinski definition) is 3. The Balaban J connectivity index is 2.16. The van der Waals surface area contributed by atoms with E-state index in [1.807, 2.05) is 20.8 Å². The third-order valence-corrected chi connectivity index (χ3v) is 4.42. The van der Waals surface area contributed by atoms with Crippen LogP contribution in [-0.2, 0) is 5.41 Å². The van der Waals surface area contributed by atoms with Crippen LogP contribution in [0, 0.1) is 0 Å². The molecular weight excluding hydrogens is 372 g/mol. The van der Waals surface area contributed by atoms with Crippen LogP contribution in [-0.4, -0.2) is 34.2 Å². The van der Waals surface area contributed by atoms with Crippen molar-refractivity contribution in [3.63, 3.8) is 0 Å². The molecule has 2 aromatic heterocycles. The molecule has 0 aliphatic carbocycles. The van der Waals surface area contributed by atoms with E-state index in [1.165, 1.54) is 14.2 Å². The minimum Gasteiger partial charge on any atom is -0.493 e. The summed E-state index contributed by atoms with van der Waals surface area (Å²) in [6, 6.07) is 5.28. The minimum atomic E-state index is -0.437. The Morgan fingerprint density at radius 3 is 2.21 bits per heavy atom. The molecule has 0 fully saturated rings. The van der Waals surface area contributed by atoms with E-state index in [0.29, 0.717) is 22.8 Å². The number of imidazole rings is 1. The molecule has 2 heterocycles. The van der Waals surface area contributed by atoms with Gasteiger partial charge in [0.2, 0.25) is 0 Å². The number of hydrogen-bond acceptors (Lipinski definition) is 5. The van der Waals surface area contributed by atoms with Crippen molar-refractivity contribution in [3.05, 3.63) is 72.9 Å². The monoisotopic (exact) mass is 396 g/mol. The molecule has 1 aromatic carbocycles. The molecule has 0 aliphatic heterocycles. The lowest BCUT2D eigenvalue weighted by Crippen LogP contribution is -2.46. The first-order valence-electron chi connectivity index (χ1n) is 9.05. The Morgan fingerprint density at radius 2 is 1.62 bits per heavy atom. The van der Waals surface area contributed by atoms with Crippen LogP contribution in [0.3, 0.4) is 0 Å². The highest BCUT2D eigenvalue weighted by molar-refractivity contribution is 5.61. The molecule has 3 rings (SSSR count). The second kappa shape index (κ2) is 7.83. The van der Waals surface area contributed by atoms with Gasteiger partial charge in [0.05, 0.1) is 26.2 Å². The Kier molecular flexibility index (Phi) is 5.45. The molecule has 3 N–H and O–H groups in total. The summed E-state index contributed by atoms with van der Waals surface area (Å²) in [6.45, 7) is 6.10. The molecule has 0 aliphatic rings. The molecule has 0 amide bonds. The van der Waals surface area contributed by atoms with Gasteiger partial charge in [-0.1, -0.05) is 32.9 Å². The zero-order valence-corrected chi connectivity index (χ0v) is 17.0. The molecule has 0 spiro atoms. The zero-order chi connectivity index (χ0) is 21.2. The van der Waals surface area contributed by atoms with E-state index in [-0.39, 0.29) is 16.1 Å². The second-order valence-corrected chi connectivity index (χ2v) is 7.52. The first-order valence-corrected chi connectivity index (χ1v) is 9.05. The largest absolute Gasteiger partial charge is 0.493 e. The predicted molar refractivity (Wildman–Crippen MR) is 111 cm³/mol. The van der Waals surface area contributed by atoms with Crippen molar-refractivity contribution in [1.29, 1.82) is 0 Å². The van der Waals surface area contributed by atoms with Gasteiger partial charge in [0.25, 0.3) is 11.1 Å². The van der Waals surface area contributed by atoms with Crippen molar-refractivity contribution in [1.82, 2.24) is 19.9 Å². The van der Waals surface area contributed by atoms with Crippen LogP contribution in [0.2, 0.25) is 0 Å². The SMILES string of the molecule is COc1cccc(/C=c2\[nH]c(=O)/c(=C/c3nc[nH]c3C(C)(C)C)[nH]c2=O)c1OC. The number of ether oxygens (including phenoxy) is 2. The van der Waals surface area contributed by atoms with Crippen molar-refractivity contribution in [2.24, 2.45) is 0 Å². The van der Waals surface area contributed by atoms with Crippen LogP contribution in [0.1, 0.15) is 37.7 Å². The fraction of sp³-hybridized carbons (Fsp3) is 0.286. The van der Waals surface area contributed by atoms with Gasteiger partial charge >= 0.3 is 0 Å². The molecule has 8 heteroatoms. The van der Waals surface area contributed by atoms with E-state index in [4.69, 9.17) is 9.47 Å². The molecular formula is C21H24N4O4. The highest BCUT2D eigenvalue weighted by Crippen LogP contribution is 2.30. The van der Waals surface area contributed by atoms with Crippen LogP contribution >= 0.6 is 0 Å². The fourth-order valence-electron chi connectivity index (χ4n) is 3.03. The number of rotatable bonds is 4. The molecule has 152 valence electrons. The van der Waals surface area contributed by atoms with Crippen molar-refractivity contribution in [2.75, 3.05) is 14.2 Å². The lowest BCUT2D eigenvalue weighted by Gasteiger charge is -2.16. The molecule has 3 aromatic rings. The quantitative estimate of drug-likeness (QED) is 0.603. The Labute approximate surface area is 167 Å². The summed E-state index contributed by atoms with van der Waals surface area (Å²) in [7, 11) is 3.04. The van der Waals surface area contributed by atoms with Crippen LogP contribution in [0.5, 0.6) is 11.5 Å². The minimum absolute atomic E-state index is 0.108. The van der Waals surface area contributed by atoms with Gasteiger partial charge in [-0.15, -0.1) is 0 Å². The maximum atomic E-state index is 12.6. The first-order chi connectivity index (χ1) is 13.7. The molecule has 0 unspecified atom stereocenters. The van der Waals surface area contributed by atoms with E-state index in [0.717, 1.165) is 5.69 Å². The normalized spacial score (nSPS) is 13.0. The number of nitrogens with zero attached hydrogens (tertiary/aromatic N) is 1. The number of aromatic amines is 3. The summed E-state index contributed by atoms with van der Waals surface area (Å²) < 4.78 is 10.6. The number of nitrogens with one attached hydrogen (secondary N) is 3. The van der Waals surface area contributed by atoms with Crippen LogP contribution in [0.15, 0.2) is 34.1 Å². The molecule has 29 heavy (non-hydrogen) atoms. The number of methoxy groups -OCH3 is 2. The summed E-state index contributed by atoms with van der Waals surface area (Å²) in [5.74, 6) is 0.996. The predicted octanol–water partition coefficient (Wildman–Crippen LogP) is 0.759. The highest BCUT2D eigenvalue weighted by Gasteiger charge is 2.19. The van der Waals surface area contributed by atoms with Gasteiger partial charge in [-0.25, -0.2) is 4.98 Å². The topological polar surface area (TPSA) is 113 Å². The highest BCUT2D eigenvalue weighted by atomic mass is 16.5. The maximum Gasteiger partial charge on any atom is 0.272 e.